The zero-order valence-electron chi connectivity index (χ0n) is 12.2. The Labute approximate surface area is 119 Å². The second-order valence-corrected chi connectivity index (χ2v) is 5.24. The lowest BCUT2D eigenvalue weighted by Gasteiger charge is -2.28. The van der Waals surface area contributed by atoms with Gasteiger partial charge in [-0.2, -0.15) is 0 Å². The maximum atomic E-state index is 12.5. The zero-order chi connectivity index (χ0) is 14.7. The van der Waals surface area contributed by atoms with Gasteiger partial charge in [-0.15, -0.1) is 0 Å². The van der Waals surface area contributed by atoms with Crippen LogP contribution in [0.15, 0.2) is 24.3 Å². The summed E-state index contributed by atoms with van der Waals surface area (Å²) in [5.41, 5.74) is 0.754. The number of phenolic OH excluding ortho intramolecular Hbond substituents is 1. The van der Waals surface area contributed by atoms with Crippen LogP contribution in [0.4, 0.5) is 0 Å². The molecule has 2 rings (SSSR count). The summed E-state index contributed by atoms with van der Waals surface area (Å²) in [4.78, 5) is 14.1. The van der Waals surface area contributed by atoms with Crippen molar-refractivity contribution in [1.29, 1.82) is 0 Å². The maximum absolute atomic E-state index is 12.5. The molecule has 3 atom stereocenters. The fourth-order valence-electron chi connectivity index (χ4n) is 2.56. The highest BCUT2D eigenvalue weighted by molar-refractivity contribution is 5.82. The fraction of sp³-hybridized carbons (Fsp3) is 0.533. The molecule has 3 unspecified atom stereocenters. The van der Waals surface area contributed by atoms with Gasteiger partial charge in [-0.3, -0.25) is 4.79 Å². The molecule has 0 saturated carbocycles. The number of phenols is 1. The van der Waals surface area contributed by atoms with E-state index in [1.165, 1.54) is 0 Å². The van der Waals surface area contributed by atoms with Gasteiger partial charge in [-0.1, -0.05) is 18.2 Å². The van der Waals surface area contributed by atoms with Crippen LogP contribution >= 0.6 is 0 Å². The average Bonchev–Trinajstić information content (AvgIpc) is 2.94. The standard InChI is InChI=1S/C15H22N2O3/c1-10(12-6-4-5-7-14(12)18)17(2)15(19)13-8-11(20-3)9-16-13/h4-7,10-11,13,16,18H,8-9H2,1-3H3. The number of ether oxygens (including phenoxy) is 1. The summed E-state index contributed by atoms with van der Waals surface area (Å²) in [7, 11) is 3.43. The van der Waals surface area contributed by atoms with Crippen LogP contribution in [-0.4, -0.2) is 48.8 Å². The molecule has 1 aromatic rings. The highest BCUT2D eigenvalue weighted by atomic mass is 16.5. The first kappa shape index (κ1) is 14.8. The van der Waals surface area contributed by atoms with Gasteiger partial charge in [0, 0.05) is 26.3 Å². The van der Waals surface area contributed by atoms with E-state index < -0.39 is 0 Å². The molecular formula is C15H22N2O3. The van der Waals surface area contributed by atoms with Crippen LogP contribution in [0.1, 0.15) is 24.9 Å². The molecular weight excluding hydrogens is 256 g/mol. The molecule has 1 amide bonds. The van der Waals surface area contributed by atoms with Crippen molar-refractivity contribution in [1.82, 2.24) is 10.2 Å². The normalized spacial score (nSPS) is 23.6. The van der Waals surface area contributed by atoms with E-state index in [1.807, 2.05) is 19.1 Å². The van der Waals surface area contributed by atoms with Crippen molar-refractivity contribution in [3.05, 3.63) is 29.8 Å². The lowest BCUT2D eigenvalue weighted by Crippen LogP contribution is -2.42. The molecule has 0 bridgehead atoms. The van der Waals surface area contributed by atoms with Gasteiger partial charge in [0.05, 0.1) is 18.2 Å². The molecule has 0 radical (unpaired) electrons. The van der Waals surface area contributed by atoms with Crippen LogP contribution in [0.5, 0.6) is 5.75 Å². The van der Waals surface area contributed by atoms with Crippen molar-refractivity contribution in [2.45, 2.75) is 31.5 Å². The Morgan fingerprint density at radius 3 is 2.80 bits per heavy atom. The molecule has 1 fully saturated rings. The topological polar surface area (TPSA) is 61.8 Å². The molecule has 20 heavy (non-hydrogen) atoms. The Morgan fingerprint density at radius 1 is 1.50 bits per heavy atom. The van der Waals surface area contributed by atoms with E-state index in [2.05, 4.69) is 5.32 Å². The maximum Gasteiger partial charge on any atom is 0.240 e. The predicted molar refractivity (Wildman–Crippen MR) is 76.5 cm³/mol. The lowest BCUT2D eigenvalue weighted by atomic mass is 10.0. The van der Waals surface area contributed by atoms with Crippen LogP contribution in [0.25, 0.3) is 0 Å². The number of hydrogen-bond donors (Lipinski definition) is 2. The third-order valence-corrected chi connectivity index (χ3v) is 4.04. The number of amides is 1. The van der Waals surface area contributed by atoms with E-state index in [9.17, 15) is 9.90 Å². The first-order chi connectivity index (χ1) is 9.54. The summed E-state index contributed by atoms with van der Waals surface area (Å²) in [6, 6.07) is 6.72. The molecule has 1 aliphatic heterocycles. The number of likely N-dealkylation sites (N-methyl/N-ethyl adjacent to an activating group) is 1. The zero-order valence-corrected chi connectivity index (χ0v) is 12.2. The summed E-state index contributed by atoms with van der Waals surface area (Å²) in [6.45, 7) is 2.61. The molecule has 0 aromatic heterocycles. The molecule has 0 spiro atoms. The van der Waals surface area contributed by atoms with Gasteiger partial charge in [-0.05, 0) is 19.4 Å². The van der Waals surface area contributed by atoms with E-state index in [0.29, 0.717) is 13.0 Å². The van der Waals surface area contributed by atoms with Crippen LogP contribution in [-0.2, 0) is 9.53 Å². The molecule has 1 aromatic carbocycles. The first-order valence-electron chi connectivity index (χ1n) is 6.85. The van der Waals surface area contributed by atoms with E-state index in [4.69, 9.17) is 4.74 Å². The van der Waals surface area contributed by atoms with Crippen molar-refractivity contribution in [2.24, 2.45) is 0 Å². The number of carbonyl (C=O) groups is 1. The van der Waals surface area contributed by atoms with E-state index in [0.717, 1.165) is 5.56 Å². The molecule has 5 heteroatoms. The molecule has 0 aliphatic carbocycles. The molecule has 1 saturated heterocycles. The third kappa shape index (κ3) is 2.94. The minimum Gasteiger partial charge on any atom is -0.508 e. The van der Waals surface area contributed by atoms with Crippen LogP contribution in [0.3, 0.4) is 0 Å². The smallest absolute Gasteiger partial charge is 0.240 e. The van der Waals surface area contributed by atoms with Crippen LogP contribution < -0.4 is 5.32 Å². The number of methoxy groups -OCH3 is 1. The predicted octanol–water partition coefficient (Wildman–Crippen LogP) is 1.29. The molecule has 2 N–H and O–H groups in total. The highest BCUT2D eigenvalue weighted by Gasteiger charge is 2.33. The Kier molecular flexibility index (Phi) is 4.62. The third-order valence-electron chi connectivity index (χ3n) is 4.04. The van der Waals surface area contributed by atoms with Crippen molar-refractivity contribution in [3.63, 3.8) is 0 Å². The minimum atomic E-state index is -0.210. The Hall–Kier alpha value is -1.59. The molecule has 1 heterocycles. The van der Waals surface area contributed by atoms with E-state index >= 15 is 0 Å². The summed E-state index contributed by atoms with van der Waals surface area (Å²) in [6.07, 6.45) is 0.783. The fourth-order valence-corrected chi connectivity index (χ4v) is 2.56. The largest absolute Gasteiger partial charge is 0.508 e. The van der Waals surface area contributed by atoms with Crippen LogP contribution in [0, 0.1) is 0 Å². The highest BCUT2D eigenvalue weighted by Crippen LogP contribution is 2.28. The Balaban J connectivity index is 2.05. The Bertz CT molecular complexity index is 478. The number of aromatic hydroxyl groups is 1. The van der Waals surface area contributed by atoms with Gasteiger partial charge in [0.25, 0.3) is 0 Å². The number of para-hydroxylation sites is 1. The number of nitrogens with zero attached hydrogens (tertiary/aromatic N) is 1. The van der Waals surface area contributed by atoms with Crippen molar-refractivity contribution < 1.29 is 14.6 Å². The minimum absolute atomic E-state index is 0.0281. The Morgan fingerprint density at radius 2 is 2.20 bits per heavy atom. The quantitative estimate of drug-likeness (QED) is 0.871. The van der Waals surface area contributed by atoms with E-state index in [1.54, 1.807) is 31.2 Å². The van der Waals surface area contributed by atoms with Crippen molar-refractivity contribution >= 4 is 5.91 Å². The summed E-state index contributed by atoms with van der Waals surface area (Å²) in [5.74, 6) is 0.245. The van der Waals surface area contributed by atoms with Gasteiger partial charge in [0.15, 0.2) is 0 Å². The molecule has 110 valence electrons. The lowest BCUT2D eigenvalue weighted by molar-refractivity contribution is -0.133. The average molecular weight is 278 g/mol. The summed E-state index contributed by atoms with van der Waals surface area (Å²) < 4.78 is 5.26. The van der Waals surface area contributed by atoms with Crippen molar-refractivity contribution in [3.8, 4) is 5.75 Å². The number of nitrogens with one attached hydrogen (secondary N) is 1. The van der Waals surface area contributed by atoms with Gasteiger partial charge >= 0.3 is 0 Å². The van der Waals surface area contributed by atoms with Gasteiger partial charge in [0.1, 0.15) is 5.75 Å². The second kappa shape index (κ2) is 6.24. The number of hydrogen-bond acceptors (Lipinski definition) is 4. The summed E-state index contributed by atoms with van der Waals surface area (Å²) >= 11 is 0. The monoisotopic (exact) mass is 278 g/mol. The first-order valence-corrected chi connectivity index (χ1v) is 6.85. The van der Waals surface area contributed by atoms with Gasteiger partial charge < -0.3 is 20.1 Å². The van der Waals surface area contributed by atoms with Crippen molar-refractivity contribution in [2.75, 3.05) is 20.7 Å². The van der Waals surface area contributed by atoms with Gasteiger partial charge in [-0.25, -0.2) is 0 Å². The second-order valence-electron chi connectivity index (χ2n) is 5.24. The number of rotatable bonds is 4. The van der Waals surface area contributed by atoms with Crippen LogP contribution in [0.2, 0.25) is 0 Å². The molecule has 1 aliphatic rings. The molecule has 5 nitrogen and oxygen atoms in total. The number of benzene rings is 1. The summed E-state index contributed by atoms with van der Waals surface area (Å²) in [5, 5.41) is 13.1. The SMILES string of the molecule is COC1CNC(C(=O)N(C)C(C)c2ccccc2O)C1. The van der Waals surface area contributed by atoms with E-state index in [-0.39, 0.29) is 29.8 Å². The van der Waals surface area contributed by atoms with Gasteiger partial charge in [0.2, 0.25) is 5.91 Å². The number of carbonyl (C=O) groups excluding carboxylic acids is 1.